The van der Waals surface area contributed by atoms with E-state index < -0.39 is 6.61 Å². The van der Waals surface area contributed by atoms with Crippen molar-refractivity contribution in [2.45, 2.75) is 19.7 Å². The van der Waals surface area contributed by atoms with E-state index in [9.17, 15) is 8.78 Å². The van der Waals surface area contributed by atoms with Crippen LogP contribution in [0.3, 0.4) is 0 Å². The van der Waals surface area contributed by atoms with E-state index in [1.807, 2.05) is 24.3 Å². The van der Waals surface area contributed by atoms with Gasteiger partial charge >= 0.3 is 6.61 Å². The number of hydrogen-bond acceptors (Lipinski definition) is 2. The van der Waals surface area contributed by atoms with Crippen molar-refractivity contribution >= 4 is 15.9 Å². The SMILES string of the molecule is FC(F)Oc1ccc(CNCc2ccccc2Br)cc1. The van der Waals surface area contributed by atoms with Gasteiger partial charge < -0.3 is 10.1 Å². The average Bonchev–Trinajstić information content (AvgIpc) is 2.42. The first kappa shape index (κ1) is 14.9. The Morgan fingerprint density at radius 3 is 2.35 bits per heavy atom. The number of hydrogen-bond donors (Lipinski definition) is 1. The maximum Gasteiger partial charge on any atom is 0.387 e. The second-order valence-electron chi connectivity index (χ2n) is 4.22. The van der Waals surface area contributed by atoms with Gasteiger partial charge in [0.15, 0.2) is 0 Å². The normalized spacial score (nSPS) is 10.8. The van der Waals surface area contributed by atoms with Crippen molar-refractivity contribution in [3.05, 3.63) is 64.1 Å². The Morgan fingerprint density at radius 1 is 1.00 bits per heavy atom. The zero-order valence-electron chi connectivity index (χ0n) is 10.7. The van der Waals surface area contributed by atoms with Gasteiger partial charge in [-0.3, -0.25) is 0 Å². The molecule has 0 bridgehead atoms. The molecule has 0 aliphatic rings. The summed E-state index contributed by atoms with van der Waals surface area (Å²) in [6, 6.07) is 14.6. The first-order chi connectivity index (χ1) is 9.65. The molecule has 0 aliphatic heterocycles. The van der Waals surface area contributed by atoms with E-state index in [-0.39, 0.29) is 5.75 Å². The molecule has 20 heavy (non-hydrogen) atoms. The topological polar surface area (TPSA) is 21.3 Å². The maximum atomic E-state index is 12.0. The van der Waals surface area contributed by atoms with Crippen LogP contribution in [0.4, 0.5) is 8.78 Å². The van der Waals surface area contributed by atoms with Crippen LogP contribution in [0, 0.1) is 0 Å². The fourth-order valence-electron chi connectivity index (χ4n) is 1.77. The van der Waals surface area contributed by atoms with Crippen molar-refractivity contribution in [2.75, 3.05) is 0 Å². The summed E-state index contributed by atoms with van der Waals surface area (Å²) in [6.07, 6.45) is 0. The fourth-order valence-corrected chi connectivity index (χ4v) is 2.20. The minimum atomic E-state index is -2.78. The molecule has 0 saturated heterocycles. The van der Waals surface area contributed by atoms with E-state index in [2.05, 4.69) is 26.0 Å². The van der Waals surface area contributed by atoms with Crippen molar-refractivity contribution in [2.24, 2.45) is 0 Å². The summed E-state index contributed by atoms with van der Waals surface area (Å²) in [5.41, 5.74) is 2.18. The molecule has 0 aromatic heterocycles. The Balaban J connectivity index is 1.84. The zero-order valence-corrected chi connectivity index (χ0v) is 12.2. The highest BCUT2D eigenvalue weighted by molar-refractivity contribution is 9.10. The molecule has 2 aromatic carbocycles. The van der Waals surface area contributed by atoms with Crippen molar-refractivity contribution in [3.63, 3.8) is 0 Å². The zero-order chi connectivity index (χ0) is 14.4. The molecule has 1 N–H and O–H groups in total. The summed E-state index contributed by atoms with van der Waals surface area (Å²) in [6.45, 7) is -1.39. The monoisotopic (exact) mass is 341 g/mol. The third-order valence-corrected chi connectivity index (χ3v) is 3.52. The fraction of sp³-hybridized carbons (Fsp3) is 0.200. The highest BCUT2D eigenvalue weighted by Crippen LogP contribution is 2.17. The van der Waals surface area contributed by atoms with Crippen LogP contribution in [0.15, 0.2) is 53.0 Å². The summed E-state index contributed by atoms with van der Waals surface area (Å²) in [7, 11) is 0. The highest BCUT2D eigenvalue weighted by Gasteiger charge is 2.03. The lowest BCUT2D eigenvalue weighted by molar-refractivity contribution is -0.0498. The minimum Gasteiger partial charge on any atom is -0.435 e. The molecule has 0 unspecified atom stereocenters. The van der Waals surface area contributed by atoms with Crippen LogP contribution in [0.5, 0.6) is 5.75 Å². The molecule has 2 nitrogen and oxygen atoms in total. The lowest BCUT2D eigenvalue weighted by Gasteiger charge is -2.08. The second kappa shape index (κ2) is 7.36. The predicted octanol–water partition coefficient (Wildman–Crippen LogP) is 4.34. The van der Waals surface area contributed by atoms with Gasteiger partial charge in [0.1, 0.15) is 5.75 Å². The van der Waals surface area contributed by atoms with Gasteiger partial charge in [-0.2, -0.15) is 8.78 Å². The Morgan fingerprint density at radius 2 is 1.70 bits per heavy atom. The molecule has 2 rings (SSSR count). The highest BCUT2D eigenvalue weighted by atomic mass is 79.9. The first-order valence-corrected chi connectivity index (χ1v) is 6.92. The summed E-state index contributed by atoms with van der Waals surface area (Å²) < 4.78 is 29.4. The van der Waals surface area contributed by atoms with Crippen molar-refractivity contribution < 1.29 is 13.5 Å². The number of nitrogens with one attached hydrogen (secondary N) is 1. The van der Waals surface area contributed by atoms with Gasteiger partial charge in [-0.05, 0) is 29.3 Å². The van der Waals surface area contributed by atoms with Crippen LogP contribution in [-0.4, -0.2) is 6.61 Å². The van der Waals surface area contributed by atoms with E-state index in [0.717, 1.165) is 16.6 Å². The van der Waals surface area contributed by atoms with E-state index in [1.165, 1.54) is 5.56 Å². The van der Waals surface area contributed by atoms with Crippen LogP contribution < -0.4 is 10.1 Å². The number of halogens is 3. The largest absolute Gasteiger partial charge is 0.435 e. The van der Waals surface area contributed by atoms with E-state index in [0.29, 0.717) is 6.54 Å². The molecule has 5 heteroatoms. The average molecular weight is 342 g/mol. The van der Waals surface area contributed by atoms with E-state index in [1.54, 1.807) is 24.3 Å². The second-order valence-corrected chi connectivity index (χ2v) is 5.07. The van der Waals surface area contributed by atoms with Gasteiger partial charge in [0.05, 0.1) is 0 Å². The molecule has 0 aliphatic carbocycles. The Kier molecular flexibility index (Phi) is 5.49. The van der Waals surface area contributed by atoms with Crippen LogP contribution in [0.1, 0.15) is 11.1 Å². The molecule has 0 heterocycles. The van der Waals surface area contributed by atoms with E-state index >= 15 is 0 Å². The Bertz CT molecular complexity index is 546. The van der Waals surface area contributed by atoms with Crippen LogP contribution in [0.25, 0.3) is 0 Å². The molecule has 0 amide bonds. The van der Waals surface area contributed by atoms with Gasteiger partial charge in [0.25, 0.3) is 0 Å². The van der Waals surface area contributed by atoms with Gasteiger partial charge in [-0.1, -0.05) is 46.3 Å². The first-order valence-electron chi connectivity index (χ1n) is 6.13. The van der Waals surface area contributed by atoms with Gasteiger partial charge in [-0.25, -0.2) is 0 Å². The Labute approximate surface area is 124 Å². The Hall–Kier alpha value is -1.46. The van der Waals surface area contributed by atoms with E-state index in [4.69, 9.17) is 0 Å². The smallest absolute Gasteiger partial charge is 0.387 e. The maximum absolute atomic E-state index is 12.0. The predicted molar refractivity (Wildman–Crippen MR) is 77.8 cm³/mol. The molecule has 0 spiro atoms. The van der Waals surface area contributed by atoms with Crippen LogP contribution in [-0.2, 0) is 13.1 Å². The molecule has 0 saturated carbocycles. The third-order valence-electron chi connectivity index (χ3n) is 2.75. The lowest BCUT2D eigenvalue weighted by Crippen LogP contribution is -2.13. The van der Waals surface area contributed by atoms with Crippen LogP contribution in [0.2, 0.25) is 0 Å². The van der Waals surface area contributed by atoms with Crippen molar-refractivity contribution in [1.29, 1.82) is 0 Å². The third kappa shape index (κ3) is 4.58. The lowest BCUT2D eigenvalue weighted by atomic mass is 10.2. The van der Waals surface area contributed by atoms with Crippen LogP contribution >= 0.6 is 15.9 Å². The molecular weight excluding hydrogens is 328 g/mol. The quantitative estimate of drug-likeness (QED) is 0.843. The number of rotatable bonds is 6. The standard InChI is InChI=1S/C15H14BrF2NO/c16-14-4-2-1-3-12(14)10-19-9-11-5-7-13(8-6-11)20-15(17)18/h1-8,15,19H,9-10H2. The number of benzene rings is 2. The van der Waals surface area contributed by atoms with Crippen molar-refractivity contribution in [3.8, 4) is 5.75 Å². The molecule has 2 aromatic rings. The number of ether oxygens (including phenoxy) is 1. The van der Waals surface area contributed by atoms with Gasteiger partial charge in [0.2, 0.25) is 0 Å². The van der Waals surface area contributed by atoms with Gasteiger partial charge in [0, 0.05) is 17.6 Å². The van der Waals surface area contributed by atoms with Crippen molar-refractivity contribution in [1.82, 2.24) is 5.32 Å². The molecule has 0 fully saturated rings. The molecule has 0 atom stereocenters. The minimum absolute atomic E-state index is 0.176. The molecule has 106 valence electrons. The van der Waals surface area contributed by atoms with Gasteiger partial charge in [-0.15, -0.1) is 0 Å². The number of alkyl halides is 2. The molecule has 0 radical (unpaired) electrons. The summed E-state index contributed by atoms with van der Waals surface area (Å²) in [5, 5.41) is 3.30. The summed E-state index contributed by atoms with van der Waals surface area (Å²) in [4.78, 5) is 0. The summed E-state index contributed by atoms with van der Waals surface area (Å²) >= 11 is 3.49. The molecular formula is C15H14BrF2NO. The summed E-state index contributed by atoms with van der Waals surface area (Å²) in [5.74, 6) is 0.176.